The van der Waals surface area contributed by atoms with Crippen LogP contribution in [0.25, 0.3) is 0 Å². The fourth-order valence-electron chi connectivity index (χ4n) is 4.02. The zero-order valence-electron chi connectivity index (χ0n) is 19.6. The third kappa shape index (κ3) is 10.2. The minimum Gasteiger partial charge on any atom is -0.444 e. The van der Waals surface area contributed by atoms with Crippen LogP contribution in [0.3, 0.4) is 0 Å². The van der Waals surface area contributed by atoms with Gasteiger partial charge in [0.2, 0.25) is 5.91 Å². The number of nitrogens with zero attached hydrogens (tertiary/aromatic N) is 4. The van der Waals surface area contributed by atoms with Crippen molar-refractivity contribution in [1.82, 2.24) is 20.0 Å². The molecule has 0 radical (unpaired) electrons. The normalized spacial score (nSPS) is 20.8. The van der Waals surface area contributed by atoms with Crippen molar-refractivity contribution in [1.29, 1.82) is 0 Å². The van der Waals surface area contributed by atoms with Crippen LogP contribution in [-0.2, 0) is 9.53 Å². The highest BCUT2D eigenvalue weighted by Gasteiger charge is 2.26. The zero-order valence-corrected chi connectivity index (χ0v) is 21.9. The molecule has 0 aliphatic carbocycles. The molecular weight excluding hydrogens is 511 g/mol. The predicted octanol–water partition coefficient (Wildman–Crippen LogP) is 1.71. The van der Waals surface area contributed by atoms with Gasteiger partial charge in [-0.2, -0.15) is 0 Å². The van der Waals surface area contributed by atoms with Crippen molar-refractivity contribution in [3.8, 4) is 0 Å². The van der Waals surface area contributed by atoms with Crippen LogP contribution in [0.5, 0.6) is 0 Å². The summed E-state index contributed by atoms with van der Waals surface area (Å²) in [4.78, 5) is 34.2. The molecule has 2 fully saturated rings. The van der Waals surface area contributed by atoms with Crippen molar-refractivity contribution >= 4 is 41.9 Å². The van der Waals surface area contributed by atoms with Crippen LogP contribution in [-0.4, -0.2) is 97.7 Å². The fraction of sp³-hybridized carbons (Fsp3) is 0.857. The number of rotatable bonds is 6. The van der Waals surface area contributed by atoms with E-state index in [1.54, 1.807) is 11.9 Å². The topological polar surface area (TPSA) is 104 Å². The second-order valence-electron chi connectivity index (χ2n) is 9.26. The molecule has 0 aromatic rings. The first kappa shape index (κ1) is 27.7. The van der Waals surface area contributed by atoms with Gasteiger partial charge in [-0.1, -0.05) is 0 Å². The van der Waals surface area contributed by atoms with Crippen LogP contribution in [0.2, 0.25) is 0 Å². The third-order valence-corrected chi connectivity index (χ3v) is 5.48. The molecule has 9 nitrogen and oxygen atoms in total. The largest absolute Gasteiger partial charge is 0.444 e. The number of primary amides is 1. The summed E-state index contributed by atoms with van der Waals surface area (Å²) in [6.45, 7) is 12.4. The van der Waals surface area contributed by atoms with E-state index < -0.39 is 5.60 Å². The monoisotopic (exact) mass is 552 g/mol. The molecule has 0 aromatic heterocycles. The molecule has 2 aliphatic rings. The fourth-order valence-corrected chi connectivity index (χ4v) is 4.02. The molecule has 2 amide bonds. The molecule has 1 unspecified atom stereocenters. The average molecular weight is 553 g/mol. The molecule has 2 aliphatic heterocycles. The molecule has 2 heterocycles. The molecule has 10 heteroatoms. The maximum Gasteiger partial charge on any atom is 0.410 e. The second-order valence-corrected chi connectivity index (χ2v) is 9.26. The van der Waals surface area contributed by atoms with Crippen molar-refractivity contribution in [3.05, 3.63) is 0 Å². The summed E-state index contributed by atoms with van der Waals surface area (Å²) < 4.78 is 5.45. The van der Waals surface area contributed by atoms with E-state index in [1.165, 1.54) is 0 Å². The average Bonchev–Trinajstić information content (AvgIpc) is 2.67. The van der Waals surface area contributed by atoms with Crippen molar-refractivity contribution in [2.75, 3.05) is 59.4 Å². The second kappa shape index (κ2) is 13.3. The Morgan fingerprint density at radius 2 is 1.81 bits per heavy atom. The molecule has 31 heavy (non-hydrogen) atoms. The molecule has 1 atom stereocenters. The first-order valence-corrected chi connectivity index (χ1v) is 11.1. The number of amides is 2. The van der Waals surface area contributed by atoms with Gasteiger partial charge in [0.15, 0.2) is 5.96 Å². The van der Waals surface area contributed by atoms with Crippen molar-refractivity contribution in [2.45, 2.75) is 52.1 Å². The van der Waals surface area contributed by atoms with Gasteiger partial charge in [-0.3, -0.25) is 14.7 Å². The van der Waals surface area contributed by atoms with E-state index in [2.05, 4.69) is 20.1 Å². The number of nitrogens with two attached hydrogens (primary N) is 1. The van der Waals surface area contributed by atoms with Gasteiger partial charge in [0, 0.05) is 59.3 Å². The SMILES string of the molecule is CN=C(NCCCN1CCN(C(=O)OC(C)(C)C)CC1)N1CCCC(CC(N)=O)C1.I. The summed E-state index contributed by atoms with van der Waals surface area (Å²) in [7, 11) is 1.80. The van der Waals surface area contributed by atoms with E-state index in [1.807, 2.05) is 20.8 Å². The number of aliphatic imine (C=N–C) groups is 1. The number of ether oxygens (including phenoxy) is 1. The molecule has 3 N–H and O–H groups in total. The quantitative estimate of drug-likeness (QED) is 0.225. The molecule has 0 saturated carbocycles. The van der Waals surface area contributed by atoms with Gasteiger partial charge in [-0.05, 0) is 52.5 Å². The van der Waals surface area contributed by atoms with Gasteiger partial charge in [0.1, 0.15) is 5.60 Å². The Morgan fingerprint density at radius 3 is 2.39 bits per heavy atom. The molecule has 180 valence electrons. The number of halogens is 1. The van der Waals surface area contributed by atoms with Gasteiger partial charge in [0.05, 0.1) is 0 Å². The molecule has 2 rings (SSSR count). The van der Waals surface area contributed by atoms with Gasteiger partial charge < -0.3 is 25.6 Å². The van der Waals surface area contributed by atoms with Crippen LogP contribution in [0, 0.1) is 5.92 Å². The Morgan fingerprint density at radius 1 is 1.13 bits per heavy atom. The van der Waals surface area contributed by atoms with E-state index in [4.69, 9.17) is 10.5 Å². The third-order valence-electron chi connectivity index (χ3n) is 5.48. The van der Waals surface area contributed by atoms with Gasteiger partial charge in [-0.15, -0.1) is 24.0 Å². The standard InChI is InChI=1S/C21H40N6O3.HI/c1-21(2,3)30-20(29)26-13-11-25(12-14-26)9-6-8-24-19(23-4)27-10-5-7-17(16-27)15-18(22)28;/h17H,5-16H2,1-4H3,(H2,22,28)(H,23,24);1H. The molecular formula is C21H41IN6O3. The van der Waals surface area contributed by atoms with E-state index in [-0.39, 0.29) is 36.0 Å². The smallest absolute Gasteiger partial charge is 0.410 e. The Hall–Kier alpha value is -1.30. The number of likely N-dealkylation sites (tertiary alicyclic amines) is 1. The van der Waals surface area contributed by atoms with Gasteiger partial charge >= 0.3 is 6.09 Å². The van der Waals surface area contributed by atoms with E-state index in [0.717, 1.165) is 64.5 Å². The Balaban J connectivity index is 0.00000480. The molecule has 0 bridgehead atoms. The van der Waals surface area contributed by atoms with E-state index in [0.29, 0.717) is 25.4 Å². The highest BCUT2D eigenvalue weighted by molar-refractivity contribution is 14.0. The minimum absolute atomic E-state index is 0. The maximum atomic E-state index is 12.2. The number of carbonyl (C=O) groups excluding carboxylic acids is 2. The highest BCUT2D eigenvalue weighted by atomic mass is 127. The lowest BCUT2D eigenvalue weighted by atomic mass is 9.95. The van der Waals surface area contributed by atoms with Crippen LogP contribution in [0.1, 0.15) is 46.5 Å². The zero-order chi connectivity index (χ0) is 22.1. The van der Waals surface area contributed by atoms with Crippen LogP contribution in [0.15, 0.2) is 4.99 Å². The number of piperidine rings is 1. The summed E-state index contributed by atoms with van der Waals surface area (Å²) in [5, 5.41) is 3.45. The summed E-state index contributed by atoms with van der Waals surface area (Å²) in [6.07, 6.45) is 3.34. The lowest BCUT2D eigenvalue weighted by molar-refractivity contribution is -0.119. The summed E-state index contributed by atoms with van der Waals surface area (Å²) in [5.74, 6) is 0.992. The molecule has 0 aromatic carbocycles. The van der Waals surface area contributed by atoms with Crippen LogP contribution in [0.4, 0.5) is 4.79 Å². The summed E-state index contributed by atoms with van der Waals surface area (Å²) in [6, 6.07) is 0. The minimum atomic E-state index is -0.452. The van der Waals surface area contributed by atoms with Crippen molar-refractivity contribution < 1.29 is 14.3 Å². The van der Waals surface area contributed by atoms with E-state index >= 15 is 0 Å². The van der Waals surface area contributed by atoms with Crippen molar-refractivity contribution in [2.24, 2.45) is 16.6 Å². The number of guanidine groups is 1. The lowest BCUT2D eigenvalue weighted by Crippen LogP contribution is -2.50. The van der Waals surface area contributed by atoms with Crippen LogP contribution < -0.4 is 11.1 Å². The highest BCUT2D eigenvalue weighted by Crippen LogP contribution is 2.19. The Kier molecular flexibility index (Phi) is 11.9. The molecule has 2 saturated heterocycles. The summed E-state index contributed by atoms with van der Waals surface area (Å²) in [5.41, 5.74) is 4.91. The maximum absolute atomic E-state index is 12.2. The lowest BCUT2D eigenvalue weighted by Gasteiger charge is -2.36. The Bertz CT molecular complexity index is 602. The van der Waals surface area contributed by atoms with Gasteiger partial charge in [-0.25, -0.2) is 4.79 Å². The van der Waals surface area contributed by atoms with Crippen molar-refractivity contribution in [3.63, 3.8) is 0 Å². The first-order valence-electron chi connectivity index (χ1n) is 11.1. The first-order chi connectivity index (χ1) is 14.2. The van der Waals surface area contributed by atoms with Gasteiger partial charge in [0.25, 0.3) is 0 Å². The van der Waals surface area contributed by atoms with Crippen LogP contribution >= 0.6 is 24.0 Å². The van der Waals surface area contributed by atoms with E-state index in [9.17, 15) is 9.59 Å². The molecule has 0 spiro atoms. The number of nitrogens with one attached hydrogen (secondary N) is 1. The predicted molar refractivity (Wildman–Crippen MR) is 134 cm³/mol. The summed E-state index contributed by atoms with van der Waals surface area (Å²) >= 11 is 0. The number of hydrogen-bond acceptors (Lipinski definition) is 5. The number of hydrogen-bond donors (Lipinski definition) is 2. The Labute approximate surface area is 204 Å². The number of carbonyl (C=O) groups is 2. The number of piperazine rings is 1.